The van der Waals surface area contributed by atoms with Gasteiger partial charge in [0, 0.05) is 12.3 Å². The molecular formula is C22H36N2O4S. The molecule has 0 bridgehead atoms. The number of nitrogens with zero attached hydrogens (tertiary/aromatic N) is 1. The Morgan fingerprint density at radius 2 is 1.79 bits per heavy atom. The first kappa shape index (κ1) is 23.9. The van der Waals surface area contributed by atoms with Crippen LogP contribution in [0, 0.1) is 29.1 Å². The van der Waals surface area contributed by atoms with Gasteiger partial charge in [0.05, 0.1) is 23.0 Å². The van der Waals surface area contributed by atoms with E-state index >= 15 is 0 Å². The summed E-state index contributed by atoms with van der Waals surface area (Å²) in [5.41, 5.74) is 0. The highest BCUT2D eigenvalue weighted by Crippen LogP contribution is 2.28. The molecule has 2 aliphatic rings. The van der Waals surface area contributed by atoms with Crippen molar-refractivity contribution in [3.05, 3.63) is 0 Å². The number of amides is 1. The van der Waals surface area contributed by atoms with E-state index in [1.54, 1.807) is 0 Å². The Morgan fingerprint density at radius 1 is 1.14 bits per heavy atom. The number of rotatable bonds is 9. The van der Waals surface area contributed by atoms with Crippen LogP contribution in [-0.4, -0.2) is 37.2 Å². The highest BCUT2D eigenvalue weighted by molar-refractivity contribution is 7.92. The molecule has 164 valence electrons. The molecule has 0 aliphatic heterocycles. The zero-order chi connectivity index (χ0) is 21.4. The van der Waals surface area contributed by atoms with Gasteiger partial charge in [0.15, 0.2) is 9.84 Å². The van der Waals surface area contributed by atoms with Gasteiger partial charge in [0.1, 0.15) is 11.8 Å². The van der Waals surface area contributed by atoms with Crippen LogP contribution in [0.3, 0.4) is 0 Å². The Hall–Kier alpha value is -1.42. The van der Waals surface area contributed by atoms with Crippen molar-refractivity contribution in [2.45, 2.75) is 95.8 Å². The summed E-state index contributed by atoms with van der Waals surface area (Å²) in [7, 11) is -3.35. The molecule has 0 aromatic carbocycles. The predicted molar refractivity (Wildman–Crippen MR) is 113 cm³/mol. The smallest absolute Gasteiger partial charge is 0.225 e. The number of hydrogen-bond acceptors (Lipinski definition) is 5. The van der Waals surface area contributed by atoms with Gasteiger partial charge in [0.25, 0.3) is 0 Å². The third kappa shape index (κ3) is 7.40. The Balaban J connectivity index is 2.02. The summed E-state index contributed by atoms with van der Waals surface area (Å²) in [5.74, 6) is -1.00. The zero-order valence-electron chi connectivity index (χ0n) is 17.9. The van der Waals surface area contributed by atoms with Crippen LogP contribution in [0.1, 0.15) is 84.5 Å². The molecule has 0 saturated heterocycles. The number of nitriles is 1. The van der Waals surface area contributed by atoms with Crippen LogP contribution in [0.15, 0.2) is 0 Å². The van der Waals surface area contributed by atoms with Gasteiger partial charge in [-0.2, -0.15) is 5.26 Å². The van der Waals surface area contributed by atoms with E-state index in [4.69, 9.17) is 0 Å². The molecule has 7 heteroatoms. The normalized spacial score (nSPS) is 23.4. The molecule has 1 amide bonds. The monoisotopic (exact) mass is 424 g/mol. The fraction of sp³-hybridized carbons (Fsp3) is 0.864. The van der Waals surface area contributed by atoms with Crippen LogP contribution in [0.5, 0.6) is 0 Å². The minimum atomic E-state index is -3.35. The van der Waals surface area contributed by atoms with Crippen LogP contribution < -0.4 is 5.32 Å². The van der Waals surface area contributed by atoms with Crippen LogP contribution in [-0.2, 0) is 19.4 Å². The fourth-order valence-corrected chi connectivity index (χ4v) is 6.85. The Bertz CT molecular complexity index is 705. The van der Waals surface area contributed by atoms with Crippen molar-refractivity contribution < 1.29 is 18.0 Å². The van der Waals surface area contributed by atoms with Crippen molar-refractivity contribution >= 4 is 21.5 Å². The molecule has 0 aromatic rings. The summed E-state index contributed by atoms with van der Waals surface area (Å²) < 4.78 is 25.8. The maximum absolute atomic E-state index is 12.9. The van der Waals surface area contributed by atoms with E-state index < -0.39 is 21.8 Å². The number of sulfone groups is 1. The van der Waals surface area contributed by atoms with Crippen molar-refractivity contribution in [3.8, 4) is 6.07 Å². The van der Waals surface area contributed by atoms with E-state index in [0.29, 0.717) is 32.1 Å². The van der Waals surface area contributed by atoms with Gasteiger partial charge in [-0.05, 0) is 44.4 Å². The van der Waals surface area contributed by atoms with Crippen LogP contribution >= 0.6 is 0 Å². The fourth-order valence-electron chi connectivity index (χ4n) is 4.68. The first-order chi connectivity index (χ1) is 13.7. The van der Waals surface area contributed by atoms with Crippen LogP contribution in [0.25, 0.3) is 0 Å². The van der Waals surface area contributed by atoms with E-state index in [-0.39, 0.29) is 34.5 Å². The van der Waals surface area contributed by atoms with E-state index in [0.717, 1.165) is 38.5 Å². The summed E-state index contributed by atoms with van der Waals surface area (Å²) in [6.07, 6.45) is 8.27. The molecule has 2 rings (SSSR count). The molecule has 6 nitrogen and oxygen atoms in total. The molecule has 0 aromatic heterocycles. The molecule has 1 N–H and O–H groups in total. The number of ketones is 1. The highest BCUT2D eigenvalue weighted by Gasteiger charge is 2.34. The Morgan fingerprint density at radius 3 is 2.38 bits per heavy atom. The largest absolute Gasteiger partial charge is 0.340 e. The lowest BCUT2D eigenvalue weighted by molar-refractivity contribution is -0.127. The number of carbonyl (C=O) groups excluding carboxylic acids is 2. The van der Waals surface area contributed by atoms with Crippen molar-refractivity contribution in [3.63, 3.8) is 0 Å². The molecule has 0 unspecified atom stereocenters. The third-order valence-corrected chi connectivity index (χ3v) is 8.65. The Kier molecular flexibility index (Phi) is 9.13. The molecule has 3 atom stereocenters. The number of carbonyl (C=O) groups is 2. The molecule has 0 spiro atoms. The van der Waals surface area contributed by atoms with Crippen molar-refractivity contribution in [1.29, 1.82) is 5.26 Å². The van der Waals surface area contributed by atoms with Crippen molar-refractivity contribution in [1.82, 2.24) is 5.32 Å². The lowest BCUT2D eigenvalue weighted by atomic mass is 9.84. The first-order valence-corrected chi connectivity index (χ1v) is 12.9. The third-order valence-electron chi connectivity index (χ3n) is 6.29. The quantitative estimate of drug-likeness (QED) is 0.609. The minimum Gasteiger partial charge on any atom is -0.340 e. The highest BCUT2D eigenvalue weighted by atomic mass is 32.2. The van der Waals surface area contributed by atoms with Gasteiger partial charge in [-0.3, -0.25) is 9.59 Å². The van der Waals surface area contributed by atoms with Gasteiger partial charge >= 0.3 is 0 Å². The average Bonchev–Trinajstić information content (AvgIpc) is 2.68. The zero-order valence-corrected chi connectivity index (χ0v) is 18.7. The second kappa shape index (κ2) is 11.1. The van der Waals surface area contributed by atoms with E-state index in [2.05, 4.69) is 11.4 Å². The number of Topliss-reactive ketones (excluding diaryl/α,β-unsaturated/α-hetero) is 1. The number of nitrogens with one attached hydrogen (secondary N) is 1. The van der Waals surface area contributed by atoms with Crippen LogP contribution in [0.2, 0.25) is 0 Å². The summed E-state index contributed by atoms with van der Waals surface area (Å²) in [4.78, 5) is 25.0. The predicted octanol–water partition coefficient (Wildman–Crippen LogP) is 3.55. The first-order valence-electron chi connectivity index (χ1n) is 11.2. The second-order valence-corrected chi connectivity index (χ2v) is 11.6. The van der Waals surface area contributed by atoms with Gasteiger partial charge in [-0.1, -0.05) is 39.5 Å². The average molecular weight is 425 g/mol. The van der Waals surface area contributed by atoms with Crippen molar-refractivity contribution in [2.75, 3.05) is 5.75 Å². The summed E-state index contributed by atoms with van der Waals surface area (Å²) in [6, 6.07) is 1.35. The van der Waals surface area contributed by atoms with Crippen LogP contribution in [0.4, 0.5) is 0 Å². The summed E-state index contributed by atoms with van der Waals surface area (Å²) >= 11 is 0. The van der Waals surface area contributed by atoms with Gasteiger partial charge < -0.3 is 5.32 Å². The van der Waals surface area contributed by atoms with Gasteiger partial charge in [0.2, 0.25) is 5.91 Å². The standard InChI is InChI=1S/C22H36N2O4S/c1-16(2)12-18(15-29(27,28)20-9-4-3-5-10-20)22(26)24-19(14-23)13-17-8-6-7-11-21(17)25/h16-20H,3-13,15H2,1-2H3,(H,24,26)/t17-,18+,19-/m0/s1. The van der Waals surface area contributed by atoms with E-state index in [9.17, 15) is 23.3 Å². The van der Waals surface area contributed by atoms with E-state index in [1.807, 2.05) is 13.8 Å². The molecule has 0 heterocycles. The van der Waals surface area contributed by atoms with E-state index in [1.165, 1.54) is 0 Å². The molecular weight excluding hydrogens is 388 g/mol. The molecule has 29 heavy (non-hydrogen) atoms. The van der Waals surface area contributed by atoms with Gasteiger partial charge in [-0.25, -0.2) is 8.42 Å². The van der Waals surface area contributed by atoms with Gasteiger partial charge in [-0.15, -0.1) is 0 Å². The maximum atomic E-state index is 12.9. The lowest BCUT2D eigenvalue weighted by Gasteiger charge is -2.27. The number of hydrogen-bond donors (Lipinski definition) is 1. The van der Waals surface area contributed by atoms with Crippen molar-refractivity contribution in [2.24, 2.45) is 17.8 Å². The lowest BCUT2D eigenvalue weighted by Crippen LogP contribution is -2.43. The second-order valence-electron chi connectivity index (χ2n) is 9.25. The minimum absolute atomic E-state index is 0.151. The SMILES string of the molecule is CC(C)C[C@H](CS(=O)(=O)C1CCCCC1)C(=O)N[C@H](C#N)C[C@@H]1CCCCC1=O. The molecule has 2 saturated carbocycles. The molecule has 2 aliphatic carbocycles. The molecule has 2 fully saturated rings. The molecule has 0 radical (unpaired) electrons. The summed E-state index contributed by atoms with van der Waals surface area (Å²) in [5, 5.41) is 11.9. The Labute approximate surface area is 175 Å². The topological polar surface area (TPSA) is 104 Å². The maximum Gasteiger partial charge on any atom is 0.225 e. The summed E-state index contributed by atoms with van der Waals surface area (Å²) in [6.45, 7) is 3.94.